The van der Waals surface area contributed by atoms with Gasteiger partial charge in [-0.1, -0.05) is 0 Å². The molecular weight excluding hydrogens is 297 g/mol. The van der Waals surface area contributed by atoms with E-state index in [2.05, 4.69) is 5.32 Å². The van der Waals surface area contributed by atoms with E-state index in [1.54, 1.807) is 0 Å². The number of alkyl halides is 3. The number of halogens is 4. The summed E-state index contributed by atoms with van der Waals surface area (Å²) in [4.78, 5) is 13.6. The van der Waals surface area contributed by atoms with Gasteiger partial charge in [0.05, 0.1) is 17.2 Å². The Labute approximate surface area is 119 Å². The summed E-state index contributed by atoms with van der Waals surface area (Å²) in [6.45, 7) is 1.33. The minimum atomic E-state index is -4.65. The van der Waals surface area contributed by atoms with Gasteiger partial charge >= 0.3 is 6.18 Å². The SMILES string of the molecule is Cl.O=C1c2c(cc(O)cc2C(F)(F)F)[C@@H]2CNCCN12. The molecule has 1 fully saturated rings. The molecule has 1 saturated heterocycles. The number of piperazine rings is 1. The van der Waals surface area contributed by atoms with E-state index >= 15 is 0 Å². The predicted molar refractivity (Wildman–Crippen MR) is 67.0 cm³/mol. The number of aromatic hydroxyl groups is 1. The molecule has 2 aliphatic heterocycles. The number of amides is 1. The van der Waals surface area contributed by atoms with Gasteiger partial charge in [-0.2, -0.15) is 13.2 Å². The maximum absolute atomic E-state index is 13.0. The molecule has 2 heterocycles. The van der Waals surface area contributed by atoms with Crippen LogP contribution in [0.2, 0.25) is 0 Å². The van der Waals surface area contributed by atoms with Crippen LogP contribution in [0, 0.1) is 0 Å². The zero-order chi connectivity index (χ0) is 13.8. The van der Waals surface area contributed by atoms with Crippen molar-refractivity contribution in [3.63, 3.8) is 0 Å². The van der Waals surface area contributed by atoms with Crippen LogP contribution in [0.5, 0.6) is 5.75 Å². The minimum absolute atomic E-state index is 0. The van der Waals surface area contributed by atoms with Crippen molar-refractivity contribution in [3.05, 3.63) is 28.8 Å². The molecule has 0 aromatic heterocycles. The van der Waals surface area contributed by atoms with Crippen LogP contribution in [0.15, 0.2) is 12.1 Å². The second kappa shape index (κ2) is 4.82. The lowest BCUT2D eigenvalue weighted by Gasteiger charge is -2.30. The lowest BCUT2D eigenvalue weighted by atomic mass is 9.98. The fourth-order valence-electron chi connectivity index (χ4n) is 2.74. The van der Waals surface area contributed by atoms with Gasteiger partial charge in [-0.25, -0.2) is 0 Å². The fourth-order valence-corrected chi connectivity index (χ4v) is 2.74. The highest BCUT2D eigenvalue weighted by Crippen LogP contribution is 2.43. The van der Waals surface area contributed by atoms with Crippen LogP contribution in [-0.4, -0.2) is 35.5 Å². The molecule has 0 radical (unpaired) electrons. The molecule has 8 heteroatoms. The monoisotopic (exact) mass is 308 g/mol. The molecule has 110 valence electrons. The van der Waals surface area contributed by atoms with Crippen LogP contribution in [0.1, 0.15) is 27.5 Å². The van der Waals surface area contributed by atoms with Crippen LogP contribution in [-0.2, 0) is 6.18 Å². The van der Waals surface area contributed by atoms with Crippen LogP contribution < -0.4 is 5.32 Å². The molecule has 0 saturated carbocycles. The third kappa shape index (κ3) is 2.10. The highest BCUT2D eigenvalue weighted by Gasteiger charge is 2.45. The highest BCUT2D eigenvalue weighted by atomic mass is 35.5. The number of carbonyl (C=O) groups excluding carboxylic acids is 1. The van der Waals surface area contributed by atoms with Gasteiger partial charge in [-0.15, -0.1) is 12.4 Å². The van der Waals surface area contributed by atoms with E-state index in [4.69, 9.17) is 0 Å². The van der Waals surface area contributed by atoms with Crippen molar-refractivity contribution in [2.75, 3.05) is 19.6 Å². The molecule has 2 aliphatic rings. The number of hydrogen-bond acceptors (Lipinski definition) is 3. The van der Waals surface area contributed by atoms with Crippen molar-refractivity contribution in [2.24, 2.45) is 0 Å². The van der Waals surface area contributed by atoms with Gasteiger partial charge in [0.2, 0.25) is 0 Å². The number of rotatable bonds is 0. The number of hydrogen-bond donors (Lipinski definition) is 2. The third-order valence-corrected chi connectivity index (χ3v) is 3.54. The average molecular weight is 309 g/mol. The van der Waals surface area contributed by atoms with E-state index in [0.717, 1.165) is 0 Å². The molecule has 3 rings (SSSR count). The Morgan fingerprint density at radius 2 is 2.05 bits per heavy atom. The Kier molecular flexibility index (Phi) is 3.60. The van der Waals surface area contributed by atoms with Gasteiger partial charge in [0.1, 0.15) is 5.75 Å². The van der Waals surface area contributed by atoms with E-state index in [1.807, 2.05) is 0 Å². The molecule has 1 atom stereocenters. The summed E-state index contributed by atoms with van der Waals surface area (Å²) in [7, 11) is 0. The molecular formula is C12H12ClF3N2O2. The number of phenolic OH excluding ortho intramolecular Hbond substituents is 1. The first kappa shape index (κ1) is 14.9. The van der Waals surface area contributed by atoms with Crippen LogP contribution in [0.25, 0.3) is 0 Å². The number of nitrogens with zero attached hydrogens (tertiary/aromatic N) is 1. The third-order valence-electron chi connectivity index (χ3n) is 3.54. The number of fused-ring (bicyclic) bond motifs is 3. The highest BCUT2D eigenvalue weighted by molar-refractivity contribution is 6.01. The molecule has 1 amide bonds. The Morgan fingerprint density at radius 1 is 1.35 bits per heavy atom. The molecule has 20 heavy (non-hydrogen) atoms. The van der Waals surface area contributed by atoms with E-state index in [-0.39, 0.29) is 23.5 Å². The van der Waals surface area contributed by atoms with Crippen molar-refractivity contribution in [3.8, 4) is 5.75 Å². The summed E-state index contributed by atoms with van der Waals surface area (Å²) >= 11 is 0. The maximum Gasteiger partial charge on any atom is 0.417 e. The minimum Gasteiger partial charge on any atom is -0.508 e. The van der Waals surface area contributed by atoms with Crippen molar-refractivity contribution < 1.29 is 23.1 Å². The molecule has 1 aromatic carbocycles. The first-order valence-corrected chi connectivity index (χ1v) is 5.85. The average Bonchev–Trinajstić information content (AvgIpc) is 2.62. The molecule has 2 N–H and O–H groups in total. The second-order valence-electron chi connectivity index (χ2n) is 4.67. The standard InChI is InChI=1S/C12H11F3N2O2.ClH/c13-12(14,15)8-4-6(18)3-7-9-5-16-1-2-17(9)11(19)10(7)8;/h3-4,9,16,18H,1-2,5H2;1H/t9-;/m0./s1. The van der Waals surface area contributed by atoms with Crippen molar-refractivity contribution in [1.82, 2.24) is 10.2 Å². The Morgan fingerprint density at radius 3 is 2.70 bits per heavy atom. The van der Waals surface area contributed by atoms with Crippen LogP contribution in [0.3, 0.4) is 0 Å². The number of benzene rings is 1. The first-order chi connectivity index (χ1) is 8.89. The summed E-state index contributed by atoms with van der Waals surface area (Å²) in [5.74, 6) is -1.07. The zero-order valence-electron chi connectivity index (χ0n) is 10.2. The Bertz CT molecular complexity index is 562. The molecule has 0 unspecified atom stereocenters. The molecule has 0 bridgehead atoms. The topological polar surface area (TPSA) is 52.6 Å². The lowest BCUT2D eigenvalue weighted by Crippen LogP contribution is -2.44. The largest absolute Gasteiger partial charge is 0.508 e. The maximum atomic E-state index is 13.0. The Hall–Kier alpha value is -1.47. The first-order valence-electron chi connectivity index (χ1n) is 5.85. The zero-order valence-corrected chi connectivity index (χ0v) is 11.0. The summed E-state index contributed by atoms with van der Waals surface area (Å²) in [6.07, 6.45) is -4.65. The van der Waals surface area contributed by atoms with Gasteiger partial charge in [-0.3, -0.25) is 4.79 Å². The quantitative estimate of drug-likeness (QED) is 0.770. The molecule has 1 aromatic rings. The van der Waals surface area contributed by atoms with Gasteiger partial charge in [-0.05, 0) is 17.7 Å². The van der Waals surface area contributed by atoms with Crippen LogP contribution in [0.4, 0.5) is 13.2 Å². The predicted octanol–water partition coefficient (Wildman–Crippen LogP) is 1.93. The van der Waals surface area contributed by atoms with Gasteiger partial charge in [0, 0.05) is 19.6 Å². The normalized spacial score (nSPS) is 21.2. The summed E-state index contributed by atoms with van der Waals surface area (Å²) in [6, 6.07) is 1.44. The number of nitrogens with one attached hydrogen (secondary N) is 1. The van der Waals surface area contributed by atoms with Gasteiger partial charge < -0.3 is 15.3 Å². The van der Waals surface area contributed by atoms with E-state index < -0.39 is 29.4 Å². The van der Waals surface area contributed by atoms with Gasteiger partial charge in [0.25, 0.3) is 5.91 Å². The summed E-state index contributed by atoms with van der Waals surface area (Å²) in [5.41, 5.74) is -1.12. The molecule has 0 aliphatic carbocycles. The van der Waals surface area contributed by atoms with E-state index in [9.17, 15) is 23.1 Å². The molecule has 0 spiro atoms. The van der Waals surface area contributed by atoms with Crippen molar-refractivity contribution in [2.45, 2.75) is 12.2 Å². The van der Waals surface area contributed by atoms with E-state index in [1.165, 1.54) is 11.0 Å². The van der Waals surface area contributed by atoms with Gasteiger partial charge in [0.15, 0.2) is 0 Å². The van der Waals surface area contributed by atoms with Crippen molar-refractivity contribution >= 4 is 18.3 Å². The summed E-state index contributed by atoms with van der Waals surface area (Å²) in [5, 5.41) is 12.5. The second-order valence-corrected chi connectivity index (χ2v) is 4.67. The van der Waals surface area contributed by atoms with Crippen molar-refractivity contribution in [1.29, 1.82) is 0 Å². The smallest absolute Gasteiger partial charge is 0.417 e. The lowest BCUT2D eigenvalue weighted by molar-refractivity contribution is -0.138. The molecule has 4 nitrogen and oxygen atoms in total. The number of carbonyl (C=O) groups is 1. The number of phenols is 1. The summed E-state index contributed by atoms with van der Waals surface area (Å²) < 4.78 is 38.9. The Balaban J connectivity index is 0.00000147. The van der Waals surface area contributed by atoms with Crippen LogP contribution >= 0.6 is 12.4 Å². The van der Waals surface area contributed by atoms with E-state index in [0.29, 0.717) is 25.7 Å². The fraction of sp³-hybridized carbons (Fsp3) is 0.417.